The molecule has 0 atom stereocenters. The third-order valence-corrected chi connectivity index (χ3v) is 3.68. The van der Waals surface area contributed by atoms with Gasteiger partial charge < -0.3 is 10.3 Å². The summed E-state index contributed by atoms with van der Waals surface area (Å²) in [7, 11) is 0. The number of aromatic amines is 1. The number of benzene rings is 1. The van der Waals surface area contributed by atoms with Crippen LogP contribution in [0.1, 0.15) is 26.5 Å². The standard InChI is InChI=1S/C16H17ClN4O/c1-16(2,3)13-8-14(22)21-15(20-13)12(9-18-21)19-11-6-4-10(17)5-7-11/h4-9,19-20H,1-3H3. The maximum atomic E-state index is 12.2. The number of rotatable bonds is 2. The number of H-pyrrole nitrogens is 1. The fraction of sp³-hybridized carbons (Fsp3) is 0.250. The summed E-state index contributed by atoms with van der Waals surface area (Å²) in [5.74, 6) is 0. The maximum absolute atomic E-state index is 12.2. The Morgan fingerprint density at radius 3 is 2.55 bits per heavy atom. The molecule has 0 aliphatic heterocycles. The molecule has 22 heavy (non-hydrogen) atoms. The van der Waals surface area contributed by atoms with Crippen molar-refractivity contribution >= 4 is 28.6 Å². The Kier molecular flexibility index (Phi) is 3.45. The topological polar surface area (TPSA) is 62.2 Å². The third-order valence-electron chi connectivity index (χ3n) is 3.43. The molecule has 6 heteroatoms. The summed E-state index contributed by atoms with van der Waals surface area (Å²) in [6.07, 6.45) is 1.63. The molecule has 0 aliphatic rings. The first kappa shape index (κ1) is 14.7. The van der Waals surface area contributed by atoms with E-state index in [1.807, 2.05) is 12.1 Å². The lowest BCUT2D eigenvalue weighted by molar-refractivity contribution is 0.566. The van der Waals surface area contributed by atoms with Crippen molar-refractivity contribution in [3.63, 3.8) is 0 Å². The molecule has 2 N–H and O–H groups in total. The van der Waals surface area contributed by atoms with E-state index in [1.165, 1.54) is 4.52 Å². The molecule has 0 aliphatic carbocycles. The van der Waals surface area contributed by atoms with Crippen molar-refractivity contribution < 1.29 is 0 Å². The number of fused-ring (bicyclic) bond motifs is 1. The van der Waals surface area contributed by atoms with E-state index in [9.17, 15) is 4.79 Å². The van der Waals surface area contributed by atoms with Crippen LogP contribution in [0, 0.1) is 0 Å². The average molecular weight is 317 g/mol. The lowest BCUT2D eigenvalue weighted by Crippen LogP contribution is -2.22. The second-order valence-corrected chi connectivity index (χ2v) is 6.66. The molecule has 1 aromatic carbocycles. The highest BCUT2D eigenvalue weighted by Gasteiger charge is 2.18. The van der Waals surface area contributed by atoms with Crippen LogP contribution in [0.4, 0.5) is 11.4 Å². The van der Waals surface area contributed by atoms with Crippen molar-refractivity contribution in [2.24, 2.45) is 0 Å². The van der Waals surface area contributed by atoms with E-state index < -0.39 is 0 Å². The summed E-state index contributed by atoms with van der Waals surface area (Å²) < 4.78 is 1.35. The van der Waals surface area contributed by atoms with Crippen LogP contribution in [0.15, 0.2) is 41.3 Å². The molecule has 3 aromatic rings. The van der Waals surface area contributed by atoms with Gasteiger partial charge in [-0.2, -0.15) is 9.61 Å². The van der Waals surface area contributed by atoms with E-state index >= 15 is 0 Å². The summed E-state index contributed by atoms with van der Waals surface area (Å²) in [6, 6.07) is 8.94. The molecule has 0 unspecified atom stereocenters. The van der Waals surface area contributed by atoms with Crippen LogP contribution in [0.5, 0.6) is 0 Å². The zero-order valence-corrected chi connectivity index (χ0v) is 13.4. The monoisotopic (exact) mass is 316 g/mol. The van der Waals surface area contributed by atoms with E-state index in [4.69, 9.17) is 11.6 Å². The Balaban J connectivity index is 2.09. The van der Waals surface area contributed by atoms with Gasteiger partial charge in [0, 0.05) is 27.9 Å². The number of halogens is 1. The average Bonchev–Trinajstić information content (AvgIpc) is 2.84. The Morgan fingerprint density at radius 1 is 1.23 bits per heavy atom. The minimum Gasteiger partial charge on any atom is -0.351 e. The summed E-state index contributed by atoms with van der Waals surface area (Å²) in [5.41, 5.74) is 2.83. The molecule has 3 rings (SSSR count). The quantitative estimate of drug-likeness (QED) is 0.757. The smallest absolute Gasteiger partial charge is 0.274 e. The van der Waals surface area contributed by atoms with E-state index in [0.717, 1.165) is 17.1 Å². The Hall–Kier alpha value is -2.27. The highest BCUT2D eigenvalue weighted by molar-refractivity contribution is 6.30. The summed E-state index contributed by atoms with van der Waals surface area (Å²) >= 11 is 5.89. The van der Waals surface area contributed by atoms with Crippen LogP contribution in [0.25, 0.3) is 5.65 Å². The molecule has 5 nitrogen and oxygen atoms in total. The first-order chi connectivity index (χ1) is 10.3. The second-order valence-electron chi connectivity index (χ2n) is 6.22. The maximum Gasteiger partial charge on any atom is 0.274 e. The van der Waals surface area contributed by atoms with Gasteiger partial charge >= 0.3 is 0 Å². The number of aromatic nitrogens is 3. The highest BCUT2D eigenvalue weighted by atomic mass is 35.5. The molecule has 0 saturated carbocycles. The van der Waals surface area contributed by atoms with E-state index in [1.54, 1.807) is 24.4 Å². The SMILES string of the molecule is CC(C)(C)c1cc(=O)n2ncc(Nc3ccc(Cl)cc3)c2[nH]1. The summed E-state index contributed by atoms with van der Waals surface area (Å²) in [6.45, 7) is 6.16. The number of nitrogens with one attached hydrogen (secondary N) is 2. The molecule has 0 bridgehead atoms. The third kappa shape index (κ3) is 2.72. The predicted octanol–water partition coefficient (Wildman–Crippen LogP) is 3.72. The van der Waals surface area contributed by atoms with Gasteiger partial charge in [0.25, 0.3) is 5.56 Å². The van der Waals surface area contributed by atoms with Crippen LogP contribution >= 0.6 is 11.6 Å². The molecule has 0 spiro atoms. The van der Waals surface area contributed by atoms with Crippen LogP contribution in [0.2, 0.25) is 5.02 Å². The normalized spacial score (nSPS) is 11.8. The molecule has 0 amide bonds. The molecule has 0 saturated heterocycles. The fourth-order valence-corrected chi connectivity index (χ4v) is 2.29. The zero-order chi connectivity index (χ0) is 15.9. The van der Waals surface area contributed by atoms with Crippen molar-refractivity contribution in [3.8, 4) is 0 Å². The number of anilines is 2. The molecule has 2 heterocycles. The predicted molar refractivity (Wildman–Crippen MR) is 89.2 cm³/mol. The molecule has 0 radical (unpaired) electrons. The molecule has 2 aromatic heterocycles. The number of hydrogen-bond donors (Lipinski definition) is 2. The highest BCUT2D eigenvalue weighted by Crippen LogP contribution is 2.24. The molecule has 0 fully saturated rings. The lowest BCUT2D eigenvalue weighted by atomic mass is 9.92. The first-order valence-corrected chi connectivity index (χ1v) is 7.36. The van der Waals surface area contributed by atoms with Crippen molar-refractivity contribution in [2.75, 3.05) is 5.32 Å². The molecule has 114 valence electrons. The minimum atomic E-state index is -0.150. The largest absolute Gasteiger partial charge is 0.351 e. The summed E-state index contributed by atoms with van der Waals surface area (Å²) in [4.78, 5) is 15.5. The fourth-order valence-electron chi connectivity index (χ4n) is 2.17. The van der Waals surface area contributed by atoms with Gasteiger partial charge in [-0.25, -0.2) is 0 Å². The van der Waals surface area contributed by atoms with Gasteiger partial charge in [-0.3, -0.25) is 4.79 Å². The number of hydrogen-bond acceptors (Lipinski definition) is 3. The Labute approximate surface area is 132 Å². The zero-order valence-electron chi connectivity index (χ0n) is 12.6. The van der Waals surface area contributed by atoms with E-state index in [2.05, 4.69) is 36.2 Å². The van der Waals surface area contributed by atoms with Crippen molar-refractivity contribution in [2.45, 2.75) is 26.2 Å². The first-order valence-electron chi connectivity index (χ1n) is 6.99. The minimum absolute atomic E-state index is 0.150. The Morgan fingerprint density at radius 2 is 1.91 bits per heavy atom. The van der Waals surface area contributed by atoms with E-state index in [-0.39, 0.29) is 11.0 Å². The van der Waals surface area contributed by atoms with Crippen LogP contribution in [-0.4, -0.2) is 14.6 Å². The Bertz CT molecular complexity index is 872. The van der Waals surface area contributed by atoms with Crippen LogP contribution in [0.3, 0.4) is 0 Å². The van der Waals surface area contributed by atoms with Gasteiger partial charge in [-0.05, 0) is 24.3 Å². The summed E-state index contributed by atoms with van der Waals surface area (Å²) in [5, 5.41) is 8.06. The van der Waals surface area contributed by atoms with Crippen molar-refractivity contribution in [1.29, 1.82) is 0 Å². The van der Waals surface area contributed by atoms with Gasteiger partial charge in [0.15, 0.2) is 5.65 Å². The lowest BCUT2D eigenvalue weighted by Gasteiger charge is -2.18. The van der Waals surface area contributed by atoms with Gasteiger partial charge in [0.05, 0.1) is 6.20 Å². The van der Waals surface area contributed by atoms with Crippen molar-refractivity contribution in [3.05, 3.63) is 57.6 Å². The van der Waals surface area contributed by atoms with Gasteiger partial charge in [-0.1, -0.05) is 32.4 Å². The molecular weight excluding hydrogens is 300 g/mol. The number of nitrogens with zero attached hydrogens (tertiary/aromatic N) is 2. The van der Waals surface area contributed by atoms with Crippen molar-refractivity contribution in [1.82, 2.24) is 14.6 Å². The van der Waals surface area contributed by atoms with Gasteiger partial charge in [-0.15, -0.1) is 0 Å². The van der Waals surface area contributed by atoms with Crippen LogP contribution < -0.4 is 10.9 Å². The van der Waals surface area contributed by atoms with Gasteiger partial charge in [0.2, 0.25) is 0 Å². The van der Waals surface area contributed by atoms with E-state index in [0.29, 0.717) is 10.7 Å². The second kappa shape index (κ2) is 5.18. The molecular formula is C16H17ClN4O. The van der Waals surface area contributed by atoms with Crippen LogP contribution in [-0.2, 0) is 5.41 Å². The van der Waals surface area contributed by atoms with Gasteiger partial charge in [0.1, 0.15) is 5.69 Å².